The Morgan fingerprint density at radius 3 is 2.67 bits per heavy atom. The molecule has 0 amide bonds. The summed E-state index contributed by atoms with van der Waals surface area (Å²) in [5, 5.41) is 0. The van der Waals surface area contributed by atoms with Gasteiger partial charge in [-0.1, -0.05) is 15.9 Å². The fraction of sp³-hybridized carbons (Fsp3) is 0.909. The molecule has 0 aromatic carbocycles. The summed E-state index contributed by atoms with van der Waals surface area (Å²) in [5.41, 5.74) is 0. The average molecular weight is 279 g/mol. The van der Waals surface area contributed by atoms with Crippen molar-refractivity contribution in [3.05, 3.63) is 0 Å². The summed E-state index contributed by atoms with van der Waals surface area (Å²) in [6.07, 6.45) is 1.93. The summed E-state index contributed by atoms with van der Waals surface area (Å²) in [5.74, 6) is -0.0881. The highest BCUT2D eigenvalue weighted by Gasteiger charge is 2.38. The number of rotatable bonds is 4. The van der Waals surface area contributed by atoms with E-state index >= 15 is 0 Å². The summed E-state index contributed by atoms with van der Waals surface area (Å²) in [6.45, 7) is 6.31. The molecule has 3 nitrogen and oxygen atoms in total. The van der Waals surface area contributed by atoms with Gasteiger partial charge in [-0.3, -0.25) is 4.79 Å². The predicted molar refractivity (Wildman–Crippen MR) is 62.1 cm³/mol. The molecule has 0 bridgehead atoms. The van der Waals surface area contributed by atoms with E-state index in [1.54, 1.807) is 0 Å². The molecule has 0 radical (unpaired) electrons. The van der Waals surface area contributed by atoms with Gasteiger partial charge in [0.1, 0.15) is 0 Å². The largest absolute Gasteiger partial charge is 0.466 e. The zero-order valence-corrected chi connectivity index (χ0v) is 11.1. The fourth-order valence-corrected chi connectivity index (χ4v) is 2.68. The normalized spacial score (nSPS) is 30.9. The van der Waals surface area contributed by atoms with Crippen LogP contribution in [0.3, 0.4) is 0 Å². The fourth-order valence-electron chi connectivity index (χ4n) is 1.89. The van der Waals surface area contributed by atoms with Gasteiger partial charge in [-0.2, -0.15) is 0 Å². The van der Waals surface area contributed by atoms with Crippen molar-refractivity contribution in [2.45, 2.75) is 50.6 Å². The zero-order valence-electron chi connectivity index (χ0n) is 9.53. The average Bonchev–Trinajstić information content (AvgIpc) is 2.47. The number of alkyl halides is 1. The van der Waals surface area contributed by atoms with Gasteiger partial charge in [-0.15, -0.1) is 0 Å². The standard InChI is InChI=1S/C11H19BrO3/c1-4-14-11(13)8-5-9(12)10(6-8)15-7(2)3/h7-10H,4-6H2,1-3H3. The lowest BCUT2D eigenvalue weighted by Gasteiger charge is -2.17. The number of esters is 1. The van der Waals surface area contributed by atoms with Crippen molar-refractivity contribution in [1.29, 1.82) is 0 Å². The lowest BCUT2D eigenvalue weighted by molar-refractivity contribution is -0.148. The summed E-state index contributed by atoms with van der Waals surface area (Å²) >= 11 is 3.56. The van der Waals surface area contributed by atoms with Crippen LogP contribution in [-0.4, -0.2) is 29.6 Å². The van der Waals surface area contributed by atoms with Crippen LogP contribution in [0.4, 0.5) is 0 Å². The number of ether oxygens (including phenoxy) is 2. The van der Waals surface area contributed by atoms with Gasteiger partial charge in [0.25, 0.3) is 0 Å². The van der Waals surface area contributed by atoms with E-state index in [-0.39, 0.29) is 28.9 Å². The number of halogens is 1. The number of carbonyl (C=O) groups excluding carboxylic acids is 1. The molecule has 88 valence electrons. The van der Waals surface area contributed by atoms with Gasteiger partial charge in [-0.25, -0.2) is 0 Å². The van der Waals surface area contributed by atoms with Crippen LogP contribution in [0.5, 0.6) is 0 Å². The molecule has 1 fully saturated rings. The Hall–Kier alpha value is -0.0900. The molecule has 1 saturated carbocycles. The van der Waals surface area contributed by atoms with Gasteiger partial charge >= 0.3 is 5.97 Å². The van der Waals surface area contributed by atoms with E-state index in [1.807, 2.05) is 20.8 Å². The molecule has 1 rings (SSSR count). The second-order valence-corrected chi connectivity index (χ2v) is 5.34. The molecule has 0 saturated heterocycles. The van der Waals surface area contributed by atoms with Crippen LogP contribution in [0.2, 0.25) is 0 Å². The molecule has 0 N–H and O–H groups in total. The minimum atomic E-state index is -0.0863. The Morgan fingerprint density at radius 1 is 1.47 bits per heavy atom. The number of hydrogen-bond donors (Lipinski definition) is 0. The van der Waals surface area contributed by atoms with Gasteiger partial charge in [0, 0.05) is 4.83 Å². The van der Waals surface area contributed by atoms with E-state index in [1.165, 1.54) is 0 Å². The first-order valence-electron chi connectivity index (χ1n) is 5.50. The van der Waals surface area contributed by atoms with E-state index in [0.29, 0.717) is 6.61 Å². The van der Waals surface area contributed by atoms with Gasteiger partial charge in [-0.05, 0) is 33.6 Å². The zero-order chi connectivity index (χ0) is 11.4. The smallest absolute Gasteiger partial charge is 0.309 e. The van der Waals surface area contributed by atoms with Gasteiger partial charge < -0.3 is 9.47 Å². The maximum Gasteiger partial charge on any atom is 0.309 e. The second-order valence-electron chi connectivity index (χ2n) is 4.16. The number of carbonyl (C=O) groups is 1. The summed E-state index contributed by atoms with van der Waals surface area (Å²) in [7, 11) is 0. The maximum atomic E-state index is 11.5. The van der Waals surface area contributed by atoms with Crippen LogP contribution >= 0.6 is 15.9 Å². The Kier molecular flexibility index (Phi) is 5.06. The first-order chi connectivity index (χ1) is 7.04. The highest BCUT2D eigenvalue weighted by atomic mass is 79.9. The number of hydrogen-bond acceptors (Lipinski definition) is 3. The highest BCUT2D eigenvalue weighted by molar-refractivity contribution is 9.09. The molecule has 0 aromatic heterocycles. The molecule has 15 heavy (non-hydrogen) atoms. The SMILES string of the molecule is CCOC(=O)C1CC(Br)C(OC(C)C)C1. The van der Waals surface area contributed by atoms with Crippen molar-refractivity contribution in [3.63, 3.8) is 0 Å². The van der Waals surface area contributed by atoms with Crippen LogP contribution in [0.15, 0.2) is 0 Å². The molecule has 0 spiro atoms. The second kappa shape index (κ2) is 5.85. The molecule has 1 aliphatic carbocycles. The van der Waals surface area contributed by atoms with Crippen LogP contribution < -0.4 is 0 Å². The molecule has 0 heterocycles. The Balaban J connectivity index is 2.44. The Morgan fingerprint density at radius 2 is 2.13 bits per heavy atom. The third kappa shape index (κ3) is 3.76. The van der Waals surface area contributed by atoms with Crippen LogP contribution in [0.1, 0.15) is 33.6 Å². The third-order valence-electron chi connectivity index (χ3n) is 2.50. The van der Waals surface area contributed by atoms with E-state index in [4.69, 9.17) is 9.47 Å². The quantitative estimate of drug-likeness (QED) is 0.586. The van der Waals surface area contributed by atoms with Gasteiger partial charge in [0.15, 0.2) is 0 Å². The monoisotopic (exact) mass is 278 g/mol. The summed E-state index contributed by atoms with van der Waals surface area (Å²) in [4.78, 5) is 11.8. The van der Waals surface area contributed by atoms with Gasteiger partial charge in [0.05, 0.1) is 24.7 Å². The lowest BCUT2D eigenvalue weighted by atomic mass is 10.1. The summed E-state index contributed by atoms with van der Waals surface area (Å²) < 4.78 is 10.7. The summed E-state index contributed by atoms with van der Waals surface area (Å²) in [6, 6.07) is 0. The molecule has 1 aliphatic rings. The van der Waals surface area contributed by atoms with Crippen molar-refractivity contribution in [1.82, 2.24) is 0 Å². The topological polar surface area (TPSA) is 35.5 Å². The van der Waals surface area contributed by atoms with Gasteiger partial charge in [0.2, 0.25) is 0 Å². The lowest BCUT2D eigenvalue weighted by Crippen LogP contribution is -2.22. The van der Waals surface area contributed by atoms with E-state index in [2.05, 4.69) is 15.9 Å². The minimum Gasteiger partial charge on any atom is -0.466 e. The molecule has 4 heteroatoms. The van der Waals surface area contributed by atoms with E-state index < -0.39 is 0 Å². The molecule has 0 aromatic rings. The van der Waals surface area contributed by atoms with Crippen LogP contribution in [-0.2, 0) is 14.3 Å². The van der Waals surface area contributed by atoms with Crippen molar-refractivity contribution >= 4 is 21.9 Å². The van der Waals surface area contributed by atoms with Crippen LogP contribution in [0, 0.1) is 5.92 Å². The third-order valence-corrected chi connectivity index (χ3v) is 3.46. The van der Waals surface area contributed by atoms with Crippen molar-refractivity contribution in [3.8, 4) is 0 Å². The van der Waals surface area contributed by atoms with Crippen LogP contribution in [0.25, 0.3) is 0 Å². The minimum absolute atomic E-state index is 0.00178. The van der Waals surface area contributed by atoms with E-state index in [9.17, 15) is 4.79 Å². The molecule has 0 aliphatic heterocycles. The maximum absolute atomic E-state index is 11.5. The molecule has 3 atom stereocenters. The first-order valence-corrected chi connectivity index (χ1v) is 6.42. The van der Waals surface area contributed by atoms with E-state index in [0.717, 1.165) is 12.8 Å². The highest BCUT2D eigenvalue weighted by Crippen LogP contribution is 2.34. The Labute approximate surface area is 99.6 Å². The Bertz CT molecular complexity index is 218. The van der Waals surface area contributed by atoms with Crippen molar-refractivity contribution in [2.24, 2.45) is 5.92 Å². The first kappa shape index (κ1) is 13.0. The van der Waals surface area contributed by atoms with Crippen molar-refractivity contribution in [2.75, 3.05) is 6.61 Å². The molecular weight excluding hydrogens is 260 g/mol. The van der Waals surface area contributed by atoms with Crippen molar-refractivity contribution < 1.29 is 14.3 Å². The molecular formula is C11H19BrO3. The predicted octanol–water partition coefficient (Wildman–Crippen LogP) is 2.52. The molecule has 3 unspecified atom stereocenters.